The number of esters is 2. The highest BCUT2D eigenvalue weighted by Crippen LogP contribution is 2.50. The molecular formula is C13H16N2O8S. The number of fused-ring (bicyclic) bond motifs is 1. The van der Waals surface area contributed by atoms with Crippen molar-refractivity contribution in [3.8, 4) is 0 Å². The fourth-order valence-corrected chi connectivity index (χ4v) is 3.77. The van der Waals surface area contributed by atoms with Gasteiger partial charge in [0.1, 0.15) is 12.3 Å². The number of β-lactam (4-membered cyclic amide) rings is 1. The first-order valence-electron chi connectivity index (χ1n) is 6.93. The van der Waals surface area contributed by atoms with E-state index in [2.05, 4.69) is 9.47 Å². The zero-order valence-corrected chi connectivity index (χ0v) is 13.5. The molecule has 0 aromatic rings. The zero-order chi connectivity index (χ0) is 17.9. The number of rotatable bonds is 7. The van der Waals surface area contributed by atoms with E-state index in [9.17, 15) is 19.2 Å². The number of nitrogens with two attached hydrogens (primary N) is 1. The van der Waals surface area contributed by atoms with Gasteiger partial charge in [-0.3, -0.25) is 14.5 Å². The largest absolute Gasteiger partial charge is 0.444 e. The summed E-state index contributed by atoms with van der Waals surface area (Å²) in [6.07, 6.45) is -0.768. The van der Waals surface area contributed by atoms with Crippen molar-refractivity contribution < 1.29 is 38.5 Å². The lowest BCUT2D eigenvalue weighted by molar-refractivity contribution is -0.167. The molecule has 0 aliphatic carbocycles. The van der Waals surface area contributed by atoms with E-state index in [0.717, 1.165) is 18.7 Å². The highest BCUT2D eigenvalue weighted by atomic mass is 32.2. The molecule has 2 rings (SSSR count). The molecule has 0 radical (unpaired) electrons. The Morgan fingerprint density at radius 1 is 1.29 bits per heavy atom. The number of carbonyl (C=O) groups is 4. The van der Waals surface area contributed by atoms with Gasteiger partial charge in [0.15, 0.2) is 0 Å². The van der Waals surface area contributed by atoms with Crippen molar-refractivity contribution in [1.82, 2.24) is 4.90 Å². The number of hydrogen-bond donors (Lipinski definition) is 2. The Morgan fingerprint density at radius 2 is 2.00 bits per heavy atom. The molecule has 3 N–H and O–H groups in total. The van der Waals surface area contributed by atoms with Crippen LogP contribution in [-0.4, -0.2) is 59.3 Å². The minimum atomic E-state index is -1.02. The molecule has 0 aromatic heterocycles. The number of nitrogens with zero attached hydrogens (tertiary/aromatic N) is 1. The molecule has 1 saturated heterocycles. The minimum Gasteiger partial charge on any atom is -0.444 e. The summed E-state index contributed by atoms with van der Waals surface area (Å²) in [6.45, 7) is 0.100. The number of hydrogen-bond acceptors (Lipinski definition) is 9. The van der Waals surface area contributed by atoms with Crippen LogP contribution in [0.25, 0.3) is 0 Å². The zero-order valence-electron chi connectivity index (χ0n) is 12.7. The maximum Gasteiger partial charge on any atom is 0.404 e. The topological polar surface area (TPSA) is 145 Å². The average molecular weight is 360 g/mol. The second-order valence-corrected chi connectivity index (χ2v) is 6.11. The summed E-state index contributed by atoms with van der Waals surface area (Å²) < 4.78 is 14.0. The predicted molar refractivity (Wildman–Crippen MR) is 78.7 cm³/mol. The van der Waals surface area contributed by atoms with Crippen LogP contribution in [0.15, 0.2) is 10.6 Å². The molecule has 2 atom stereocenters. The predicted octanol–water partition coefficient (Wildman–Crippen LogP) is -0.729. The first-order chi connectivity index (χ1) is 11.4. The quantitative estimate of drug-likeness (QED) is 0.341. The van der Waals surface area contributed by atoms with E-state index in [0.29, 0.717) is 4.91 Å². The van der Waals surface area contributed by atoms with E-state index < -0.39 is 30.7 Å². The van der Waals surface area contributed by atoms with Crippen LogP contribution in [0.1, 0.15) is 13.3 Å². The Balaban J connectivity index is 2.12. The third kappa shape index (κ3) is 3.62. The van der Waals surface area contributed by atoms with Gasteiger partial charge in [0.05, 0.1) is 16.2 Å². The van der Waals surface area contributed by atoms with Crippen LogP contribution in [0.3, 0.4) is 0 Å². The smallest absolute Gasteiger partial charge is 0.404 e. The lowest BCUT2D eigenvalue weighted by atomic mass is 9.94. The summed E-state index contributed by atoms with van der Waals surface area (Å²) in [7, 11) is 0. The van der Waals surface area contributed by atoms with Gasteiger partial charge in [-0.2, -0.15) is 0 Å². The Bertz CT molecular complexity index is 605. The van der Waals surface area contributed by atoms with Gasteiger partial charge in [-0.25, -0.2) is 9.59 Å². The number of carbonyl (C=O) groups excluding carboxylic acids is 4. The molecule has 2 aliphatic rings. The number of thioether (sulfide) groups is 1. The Labute approximate surface area is 140 Å². The molecule has 2 amide bonds. The minimum absolute atomic E-state index is 0.0717. The second kappa shape index (κ2) is 7.53. The van der Waals surface area contributed by atoms with E-state index in [1.54, 1.807) is 0 Å². The van der Waals surface area contributed by atoms with E-state index in [1.807, 2.05) is 0 Å². The molecule has 10 nitrogen and oxygen atoms in total. The van der Waals surface area contributed by atoms with Crippen LogP contribution in [0.2, 0.25) is 0 Å². The van der Waals surface area contributed by atoms with Gasteiger partial charge in [-0.05, 0) is 6.42 Å². The van der Waals surface area contributed by atoms with Crippen molar-refractivity contribution in [2.45, 2.75) is 18.7 Å². The first kappa shape index (κ1) is 18.1. The highest BCUT2D eigenvalue weighted by molar-refractivity contribution is 8.04. The van der Waals surface area contributed by atoms with Crippen LogP contribution >= 0.6 is 11.8 Å². The van der Waals surface area contributed by atoms with Crippen LogP contribution in [-0.2, 0) is 28.6 Å². The van der Waals surface area contributed by atoms with E-state index >= 15 is 0 Å². The number of ether oxygens (including phenoxy) is 3. The van der Waals surface area contributed by atoms with E-state index in [1.165, 1.54) is 4.90 Å². The number of aliphatic hydroxyl groups is 1. The molecule has 11 heteroatoms. The van der Waals surface area contributed by atoms with Crippen molar-refractivity contribution in [2.75, 3.05) is 20.0 Å². The van der Waals surface area contributed by atoms with Gasteiger partial charge in [-0.1, -0.05) is 11.8 Å². The molecule has 0 bridgehead atoms. The first-order valence-corrected chi connectivity index (χ1v) is 7.81. The Kier molecular flexibility index (Phi) is 5.67. The van der Waals surface area contributed by atoms with E-state index in [-0.39, 0.29) is 36.6 Å². The molecule has 0 spiro atoms. The maximum absolute atomic E-state index is 12.2. The van der Waals surface area contributed by atoms with Crippen LogP contribution in [0, 0.1) is 5.92 Å². The summed E-state index contributed by atoms with van der Waals surface area (Å²) in [5.41, 5.74) is 4.84. The molecule has 1 fully saturated rings. The molecule has 0 saturated carbocycles. The summed E-state index contributed by atoms with van der Waals surface area (Å²) in [6, 6.07) is 0. The van der Waals surface area contributed by atoms with Gasteiger partial charge in [0, 0.05) is 13.5 Å². The van der Waals surface area contributed by atoms with Crippen molar-refractivity contribution in [3.63, 3.8) is 0 Å². The number of primary amides is 1. The summed E-state index contributed by atoms with van der Waals surface area (Å²) in [5.74, 6) is -2.29. The average Bonchev–Trinajstić information content (AvgIpc) is 2.85. The molecule has 24 heavy (non-hydrogen) atoms. The Hall–Kier alpha value is -2.27. The van der Waals surface area contributed by atoms with Crippen molar-refractivity contribution in [1.29, 1.82) is 0 Å². The lowest BCUT2D eigenvalue weighted by Crippen LogP contribution is -2.57. The maximum atomic E-state index is 12.2. The SMILES string of the molecule is CC(=O)OCOC(=O)C1=C(COC(N)=O)S[C@@H]2[C@@H](CCO)C(=O)N12. The van der Waals surface area contributed by atoms with Crippen molar-refractivity contribution >= 4 is 35.7 Å². The molecule has 0 unspecified atom stereocenters. The third-order valence-electron chi connectivity index (χ3n) is 3.35. The van der Waals surface area contributed by atoms with Gasteiger partial charge in [0.25, 0.3) is 0 Å². The number of aliphatic hydroxyl groups excluding tert-OH is 1. The van der Waals surface area contributed by atoms with E-state index in [4.69, 9.17) is 15.6 Å². The van der Waals surface area contributed by atoms with Gasteiger partial charge in [0.2, 0.25) is 12.7 Å². The molecule has 2 aliphatic heterocycles. The van der Waals surface area contributed by atoms with Gasteiger partial charge in [-0.15, -0.1) is 0 Å². The van der Waals surface area contributed by atoms with Gasteiger partial charge < -0.3 is 25.1 Å². The summed E-state index contributed by atoms with van der Waals surface area (Å²) >= 11 is 1.16. The molecular weight excluding hydrogens is 344 g/mol. The number of amides is 2. The standard InChI is InChI=1S/C13H16N2O8S/c1-6(17)22-5-23-12(19)9-8(4-21-13(14)20)24-11-7(2-3-16)10(18)15(9)11/h7,11,16H,2-5H2,1H3,(H2,14,20)/t7-,11+/m0/s1. The summed E-state index contributed by atoms with van der Waals surface area (Å²) in [5, 5.41) is 8.62. The molecule has 132 valence electrons. The summed E-state index contributed by atoms with van der Waals surface area (Å²) in [4.78, 5) is 47.3. The second-order valence-electron chi connectivity index (χ2n) is 4.90. The van der Waals surface area contributed by atoms with Crippen LogP contribution in [0.5, 0.6) is 0 Å². The molecule has 0 aromatic carbocycles. The van der Waals surface area contributed by atoms with Gasteiger partial charge >= 0.3 is 18.0 Å². The molecule has 2 heterocycles. The van der Waals surface area contributed by atoms with Crippen molar-refractivity contribution in [3.05, 3.63) is 10.6 Å². The third-order valence-corrected chi connectivity index (χ3v) is 4.73. The monoisotopic (exact) mass is 360 g/mol. The normalized spacial score (nSPS) is 21.9. The van der Waals surface area contributed by atoms with Crippen molar-refractivity contribution in [2.24, 2.45) is 11.7 Å². The van der Waals surface area contributed by atoms with Crippen LogP contribution < -0.4 is 5.73 Å². The fraction of sp³-hybridized carbons (Fsp3) is 0.538. The fourth-order valence-electron chi connectivity index (χ4n) is 2.32. The highest BCUT2D eigenvalue weighted by Gasteiger charge is 2.55. The van der Waals surface area contributed by atoms with Crippen LogP contribution in [0.4, 0.5) is 4.79 Å². The Morgan fingerprint density at radius 3 is 2.58 bits per heavy atom. The lowest BCUT2D eigenvalue weighted by Gasteiger charge is -2.42.